The molecule has 0 atom stereocenters. The lowest BCUT2D eigenvalue weighted by Crippen LogP contribution is -2.39. The van der Waals surface area contributed by atoms with Crippen LogP contribution in [0.1, 0.15) is 41.4 Å². The van der Waals surface area contributed by atoms with Gasteiger partial charge in [0.2, 0.25) is 5.89 Å². The highest BCUT2D eigenvalue weighted by molar-refractivity contribution is 7.11. The number of rotatable bonds is 7. The molecule has 23 heavy (non-hydrogen) atoms. The summed E-state index contributed by atoms with van der Waals surface area (Å²) in [7, 11) is 1.76. The van der Waals surface area contributed by atoms with Gasteiger partial charge in [0.25, 0.3) is 0 Å². The standard InChI is InChI=1S/C15H24N6OS/c1-10(2)14-20-12(22-21-14)5-7-17-15(16-4)18-8-6-13-19-9-11(3)23-13/h9-10H,5-8H2,1-4H3,(H2,16,17,18). The van der Waals surface area contributed by atoms with E-state index in [1.807, 2.05) is 20.0 Å². The SMILES string of the molecule is CN=C(NCCc1nc(C(C)C)no1)NCCc1ncc(C)s1. The number of nitrogens with zero attached hydrogens (tertiary/aromatic N) is 4. The molecule has 0 amide bonds. The van der Waals surface area contributed by atoms with Gasteiger partial charge in [-0.25, -0.2) is 4.98 Å². The van der Waals surface area contributed by atoms with Crippen LogP contribution in [0, 0.1) is 6.92 Å². The van der Waals surface area contributed by atoms with Gasteiger partial charge in [-0.2, -0.15) is 4.98 Å². The van der Waals surface area contributed by atoms with Gasteiger partial charge in [-0.3, -0.25) is 4.99 Å². The molecule has 2 heterocycles. The van der Waals surface area contributed by atoms with E-state index in [1.54, 1.807) is 18.4 Å². The van der Waals surface area contributed by atoms with Crippen LogP contribution >= 0.6 is 11.3 Å². The van der Waals surface area contributed by atoms with E-state index >= 15 is 0 Å². The molecule has 2 aromatic rings. The van der Waals surface area contributed by atoms with E-state index in [-0.39, 0.29) is 5.92 Å². The highest BCUT2D eigenvalue weighted by Gasteiger charge is 2.09. The summed E-state index contributed by atoms with van der Waals surface area (Å²) in [4.78, 5) is 14.1. The zero-order valence-electron chi connectivity index (χ0n) is 14.1. The molecule has 0 aliphatic heterocycles. The van der Waals surface area contributed by atoms with Crippen molar-refractivity contribution in [3.63, 3.8) is 0 Å². The smallest absolute Gasteiger partial charge is 0.228 e. The van der Waals surface area contributed by atoms with Crippen LogP contribution in [0.2, 0.25) is 0 Å². The van der Waals surface area contributed by atoms with Crippen molar-refractivity contribution in [2.24, 2.45) is 4.99 Å². The topological polar surface area (TPSA) is 88.2 Å². The van der Waals surface area contributed by atoms with Crippen molar-refractivity contribution in [1.82, 2.24) is 25.8 Å². The molecule has 0 aliphatic carbocycles. The molecule has 2 rings (SSSR count). The summed E-state index contributed by atoms with van der Waals surface area (Å²) in [5.41, 5.74) is 0. The minimum absolute atomic E-state index is 0.282. The first kappa shape index (κ1) is 17.4. The predicted molar refractivity (Wildman–Crippen MR) is 92.0 cm³/mol. The Hall–Kier alpha value is -1.96. The minimum Gasteiger partial charge on any atom is -0.356 e. The van der Waals surface area contributed by atoms with E-state index in [0.29, 0.717) is 18.9 Å². The van der Waals surface area contributed by atoms with Crippen molar-refractivity contribution in [2.45, 2.75) is 39.5 Å². The van der Waals surface area contributed by atoms with Crippen molar-refractivity contribution in [3.8, 4) is 0 Å². The molecule has 0 saturated heterocycles. The number of guanidine groups is 1. The van der Waals surface area contributed by atoms with Crippen molar-refractivity contribution in [1.29, 1.82) is 0 Å². The van der Waals surface area contributed by atoms with Gasteiger partial charge < -0.3 is 15.2 Å². The maximum atomic E-state index is 5.21. The fourth-order valence-electron chi connectivity index (χ4n) is 1.92. The number of nitrogens with one attached hydrogen (secondary N) is 2. The van der Waals surface area contributed by atoms with Crippen LogP contribution in [0.3, 0.4) is 0 Å². The first-order valence-electron chi connectivity index (χ1n) is 7.76. The van der Waals surface area contributed by atoms with E-state index in [2.05, 4.69) is 37.7 Å². The van der Waals surface area contributed by atoms with Crippen molar-refractivity contribution in [2.75, 3.05) is 20.1 Å². The molecule has 0 radical (unpaired) electrons. The van der Waals surface area contributed by atoms with Gasteiger partial charge in [0, 0.05) is 50.0 Å². The largest absolute Gasteiger partial charge is 0.356 e. The zero-order valence-corrected chi connectivity index (χ0v) is 14.9. The highest BCUT2D eigenvalue weighted by atomic mass is 32.1. The van der Waals surface area contributed by atoms with Crippen molar-refractivity contribution < 1.29 is 4.52 Å². The Kier molecular flexibility index (Phi) is 6.52. The molecule has 0 spiro atoms. The Balaban J connectivity index is 1.68. The summed E-state index contributed by atoms with van der Waals surface area (Å²) >= 11 is 1.73. The molecular weight excluding hydrogens is 312 g/mol. The Labute approximate surface area is 140 Å². The van der Waals surface area contributed by atoms with E-state index in [1.165, 1.54) is 4.88 Å². The Bertz CT molecular complexity index is 633. The minimum atomic E-state index is 0.282. The Morgan fingerprint density at radius 2 is 2.04 bits per heavy atom. The summed E-state index contributed by atoms with van der Waals surface area (Å²) in [5, 5.41) is 11.6. The molecule has 8 heteroatoms. The molecule has 0 unspecified atom stereocenters. The number of aryl methyl sites for hydroxylation is 1. The quantitative estimate of drug-likeness (QED) is 0.593. The van der Waals surface area contributed by atoms with Crippen LogP contribution in [0.15, 0.2) is 15.7 Å². The predicted octanol–water partition coefficient (Wildman–Crippen LogP) is 1.91. The molecule has 2 N–H and O–H groups in total. The van der Waals surface area contributed by atoms with Crippen LogP contribution in [0.4, 0.5) is 0 Å². The summed E-state index contributed by atoms with van der Waals surface area (Å²) < 4.78 is 5.21. The normalized spacial score (nSPS) is 12.0. The third kappa shape index (κ3) is 5.63. The van der Waals surface area contributed by atoms with E-state index < -0.39 is 0 Å². The van der Waals surface area contributed by atoms with Gasteiger partial charge in [-0.05, 0) is 6.92 Å². The fourth-order valence-corrected chi connectivity index (χ4v) is 2.70. The van der Waals surface area contributed by atoms with Crippen LogP contribution < -0.4 is 10.6 Å². The molecule has 0 aromatic carbocycles. The summed E-state index contributed by atoms with van der Waals surface area (Å²) in [6, 6.07) is 0. The van der Waals surface area contributed by atoms with Gasteiger partial charge >= 0.3 is 0 Å². The zero-order chi connectivity index (χ0) is 16.7. The van der Waals surface area contributed by atoms with Gasteiger partial charge in [-0.15, -0.1) is 11.3 Å². The van der Waals surface area contributed by atoms with E-state index in [9.17, 15) is 0 Å². The van der Waals surface area contributed by atoms with Gasteiger partial charge in [0.1, 0.15) is 0 Å². The van der Waals surface area contributed by atoms with Crippen molar-refractivity contribution in [3.05, 3.63) is 27.8 Å². The molecule has 2 aromatic heterocycles. The lowest BCUT2D eigenvalue weighted by atomic mass is 10.2. The number of hydrogen-bond donors (Lipinski definition) is 2. The second kappa shape index (κ2) is 8.61. The lowest BCUT2D eigenvalue weighted by molar-refractivity contribution is 0.371. The Morgan fingerprint density at radius 1 is 1.30 bits per heavy atom. The van der Waals surface area contributed by atoms with Crippen LogP contribution in [-0.4, -0.2) is 41.2 Å². The maximum absolute atomic E-state index is 5.21. The summed E-state index contributed by atoms with van der Waals surface area (Å²) in [6.07, 6.45) is 3.47. The fraction of sp³-hybridized carbons (Fsp3) is 0.600. The van der Waals surface area contributed by atoms with Crippen LogP contribution in [0.5, 0.6) is 0 Å². The number of aliphatic imine (C=N–C) groups is 1. The van der Waals surface area contributed by atoms with E-state index in [0.717, 1.165) is 29.8 Å². The molecular formula is C15H24N6OS. The third-order valence-electron chi connectivity index (χ3n) is 3.16. The molecule has 0 saturated carbocycles. The van der Waals surface area contributed by atoms with E-state index in [4.69, 9.17) is 4.52 Å². The molecule has 126 valence electrons. The van der Waals surface area contributed by atoms with Crippen LogP contribution in [0.25, 0.3) is 0 Å². The van der Waals surface area contributed by atoms with Gasteiger partial charge in [0.05, 0.1) is 5.01 Å². The first-order chi connectivity index (χ1) is 11.1. The third-order valence-corrected chi connectivity index (χ3v) is 4.13. The number of hydrogen-bond acceptors (Lipinski definition) is 6. The number of thiazole rings is 1. The van der Waals surface area contributed by atoms with Gasteiger partial charge in [-0.1, -0.05) is 19.0 Å². The summed E-state index contributed by atoms with van der Waals surface area (Å²) in [6.45, 7) is 7.64. The van der Waals surface area contributed by atoms with Crippen LogP contribution in [-0.2, 0) is 12.8 Å². The summed E-state index contributed by atoms with van der Waals surface area (Å²) in [5.74, 6) is 2.45. The first-order valence-corrected chi connectivity index (χ1v) is 8.58. The number of aromatic nitrogens is 3. The monoisotopic (exact) mass is 336 g/mol. The average molecular weight is 336 g/mol. The molecule has 0 bridgehead atoms. The average Bonchev–Trinajstić information content (AvgIpc) is 3.15. The van der Waals surface area contributed by atoms with Crippen molar-refractivity contribution >= 4 is 17.3 Å². The molecule has 0 aliphatic rings. The second-order valence-electron chi connectivity index (χ2n) is 5.49. The lowest BCUT2D eigenvalue weighted by Gasteiger charge is -2.10. The maximum Gasteiger partial charge on any atom is 0.228 e. The second-order valence-corrected chi connectivity index (χ2v) is 6.81. The highest BCUT2D eigenvalue weighted by Crippen LogP contribution is 2.11. The Morgan fingerprint density at radius 3 is 2.61 bits per heavy atom. The van der Waals surface area contributed by atoms with Gasteiger partial charge in [0.15, 0.2) is 11.8 Å². The molecule has 7 nitrogen and oxygen atoms in total. The molecule has 0 fully saturated rings.